The van der Waals surface area contributed by atoms with Crippen LogP contribution in [0.3, 0.4) is 0 Å². The molecule has 2 heterocycles. The molecular formula is C10H16O6. The van der Waals surface area contributed by atoms with E-state index in [9.17, 15) is 4.79 Å². The van der Waals surface area contributed by atoms with Crippen molar-refractivity contribution in [2.24, 2.45) is 0 Å². The molecule has 4 atom stereocenters. The van der Waals surface area contributed by atoms with Gasteiger partial charge >= 0.3 is 6.16 Å². The molecule has 0 N–H and O–H groups in total. The Labute approximate surface area is 93.7 Å². The Morgan fingerprint density at radius 3 is 2.31 bits per heavy atom. The van der Waals surface area contributed by atoms with Crippen molar-refractivity contribution in [3.63, 3.8) is 0 Å². The molecule has 2 fully saturated rings. The molecule has 0 aliphatic carbocycles. The first-order valence-corrected chi connectivity index (χ1v) is 5.10. The van der Waals surface area contributed by atoms with Crippen LogP contribution >= 0.6 is 0 Å². The number of ether oxygens (including phenoxy) is 5. The SMILES string of the molecule is CO[C@@H]1OC(C)(C)[C@H](OC)[C@H]2OC(=O)OC12. The van der Waals surface area contributed by atoms with Crippen LogP contribution in [0.5, 0.6) is 0 Å². The van der Waals surface area contributed by atoms with Crippen LogP contribution in [-0.4, -0.2) is 50.6 Å². The first kappa shape index (κ1) is 11.6. The van der Waals surface area contributed by atoms with E-state index < -0.39 is 30.3 Å². The molecule has 1 unspecified atom stereocenters. The maximum Gasteiger partial charge on any atom is 0.509 e. The smallest absolute Gasteiger partial charge is 0.424 e. The summed E-state index contributed by atoms with van der Waals surface area (Å²) in [5, 5.41) is 0. The van der Waals surface area contributed by atoms with Gasteiger partial charge in [-0.05, 0) is 13.8 Å². The van der Waals surface area contributed by atoms with Gasteiger partial charge < -0.3 is 23.7 Å². The summed E-state index contributed by atoms with van der Waals surface area (Å²) in [6.45, 7) is 3.71. The lowest BCUT2D eigenvalue weighted by Gasteiger charge is -2.44. The average Bonchev–Trinajstić information content (AvgIpc) is 2.57. The Balaban J connectivity index is 2.26. The fraction of sp³-hybridized carbons (Fsp3) is 0.900. The minimum Gasteiger partial charge on any atom is -0.424 e. The molecule has 6 heteroatoms. The molecular weight excluding hydrogens is 216 g/mol. The number of hydrogen-bond donors (Lipinski definition) is 0. The molecule has 0 spiro atoms. The van der Waals surface area contributed by atoms with Crippen LogP contribution in [0.4, 0.5) is 4.79 Å². The fourth-order valence-corrected chi connectivity index (χ4v) is 2.26. The highest BCUT2D eigenvalue weighted by Gasteiger charge is 2.58. The van der Waals surface area contributed by atoms with Crippen molar-refractivity contribution in [2.75, 3.05) is 14.2 Å². The first-order valence-electron chi connectivity index (χ1n) is 5.10. The summed E-state index contributed by atoms with van der Waals surface area (Å²) in [5.74, 6) is 0. The minimum absolute atomic E-state index is 0.379. The highest BCUT2D eigenvalue weighted by molar-refractivity contribution is 5.63. The topological polar surface area (TPSA) is 63.2 Å². The van der Waals surface area contributed by atoms with E-state index in [0.717, 1.165) is 0 Å². The number of methoxy groups -OCH3 is 2. The second-order valence-corrected chi connectivity index (χ2v) is 4.40. The summed E-state index contributed by atoms with van der Waals surface area (Å²) in [6.07, 6.45) is -2.78. The standard InChI is InChI=1S/C10H16O6/c1-10(2)7(12-3)5-6(8(13-4)16-10)15-9(11)14-5/h5-8H,1-4H3/t5-,6?,7+,8+/m0/s1. The van der Waals surface area contributed by atoms with Crippen LogP contribution < -0.4 is 0 Å². The number of fused-ring (bicyclic) bond motifs is 1. The van der Waals surface area contributed by atoms with Crippen molar-refractivity contribution >= 4 is 6.16 Å². The third-order valence-electron chi connectivity index (χ3n) is 2.95. The van der Waals surface area contributed by atoms with Crippen molar-refractivity contribution in [3.05, 3.63) is 0 Å². The molecule has 0 radical (unpaired) electrons. The van der Waals surface area contributed by atoms with Gasteiger partial charge in [-0.25, -0.2) is 4.79 Å². The van der Waals surface area contributed by atoms with E-state index in [4.69, 9.17) is 23.7 Å². The fourth-order valence-electron chi connectivity index (χ4n) is 2.26. The highest BCUT2D eigenvalue weighted by Crippen LogP contribution is 2.37. The van der Waals surface area contributed by atoms with Gasteiger partial charge in [0.25, 0.3) is 0 Å². The first-order chi connectivity index (χ1) is 7.49. The predicted octanol–water partition coefficient (Wildman–Crippen LogP) is 0.687. The molecule has 0 aromatic carbocycles. The highest BCUT2D eigenvalue weighted by atomic mass is 16.8. The van der Waals surface area contributed by atoms with Crippen LogP contribution in [0.25, 0.3) is 0 Å². The number of hydrogen-bond acceptors (Lipinski definition) is 6. The Morgan fingerprint density at radius 1 is 1.12 bits per heavy atom. The Hall–Kier alpha value is -0.850. The quantitative estimate of drug-likeness (QED) is 0.652. The van der Waals surface area contributed by atoms with Gasteiger partial charge in [0.15, 0.2) is 18.5 Å². The summed E-state index contributed by atoms with van der Waals surface area (Å²) in [4.78, 5) is 11.1. The lowest BCUT2D eigenvalue weighted by Crippen LogP contribution is -2.61. The van der Waals surface area contributed by atoms with E-state index in [-0.39, 0.29) is 6.10 Å². The lowest BCUT2D eigenvalue weighted by atomic mass is 9.90. The third-order valence-corrected chi connectivity index (χ3v) is 2.95. The largest absolute Gasteiger partial charge is 0.509 e. The predicted molar refractivity (Wildman–Crippen MR) is 51.9 cm³/mol. The maximum atomic E-state index is 11.1. The molecule has 2 rings (SSSR count). The molecule has 6 nitrogen and oxygen atoms in total. The van der Waals surface area contributed by atoms with Crippen LogP contribution in [-0.2, 0) is 23.7 Å². The lowest BCUT2D eigenvalue weighted by molar-refractivity contribution is -0.299. The molecule has 2 saturated heterocycles. The summed E-state index contributed by atoms with van der Waals surface area (Å²) in [7, 11) is 3.04. The van der Waals surface area contributed by atoms with E-state index in [0.29, 0.717) is 0 Å². The van der Waals surface area contributed by atoms with Gasteiger partial charge in [-0.2, -0.15) is 0 Å². The van der Waals surface area contributed by atoms with Crippen LogP contribution in [0.1, 0.15) is 13.8 Å². The van der Waals surface area contributed by atoms with Gasteiger partial charge in [0, 0.05) is 14.2 Å². The molecule has 0 saturated carbocycles. The van der Waals surface area contributed by atoms with E-state index in [2.05, 4.69) is 0 Å². The maximum absolute atomic E-state index is 11.1. The Morgan fingerprint density at radius 2 is 1.75 bits per heavy atom. The zero-order valence-electron chi connectivity index (χ0n) is 9.76. The van der Waals surface area contributed by atoms with Crippen molar-refractivity contribution in [2.45, 2.75) is 44.1 Å². The normalized spacial score (nSPS) is 41.1. The van der Waals surface area contributed by atoms with E-state index in [1.807, 2.05) is 13.8 Å². The minimum atomic E-state index is -0.708. The third kappa shape index (κ3) is 1.66. The van der Waals surface area contributed by atoms with Gasteiger partial charge in [-0.1, -0.05) is 0 Å². The summed E-state index contributed by atoms with van der Waals surface area (Å²) >= 11 is 0. The molecule has 16 heavy (non-hydrogen) atoms. The zero-order valence-corrected chi connectivity index (χ0v) is 9.76. The molecule has 0 aromatic rings. The molecule has 2 aliphatic heterocycles. The van der Waals surface area contributed by atoms with Crippen LogP contribution in [0, 0.1) is 0 Å². The molecule has 0 amide bonds. The van der Waals surface area contributed by atoms with Crippen LogP contribution in [0.2, 0.25) is 0 Å². The van der Waals surface area contributed by atoms with Crippen molar-refractivity contribution in [1.29, 1.82) is 0 Å². The Bertz CT molecular complexity index is 289. The van der Waals surface area contributed by atoms with Crippen LogP contribution in [0.15, 0.2) is 0 Å². The second kappa shape index (κ2) is 3.87. The molecule has 0 aromatic heterocycles. The second-order valence-electron chi connectivity index (χ2n) is 4.40. The van der Waals surface area contributed by atoms with Gasteiger partial charge in [0.05, 0.1) is 5.60 Å². The monoisotopic (exact) mass is 232 g/mol. The van der Waals surface area contributed by atoms with Gasteiger partial charge in [-0.15, -0.1) is 0 Å². The number of rotatable bonds is 2. The Kier molecular flexibility index (Phi) is 2.81. The van der Waals surface area contributed by atoms with E-state index in [1.54, 1.807) is 7.11 Å². The van der Waals surface area contributed by atoms with Gasteiger partial charge in [-0.3, -0.25) is 0 Å². The summed E-state index contributed by atoms with van der Waals surface area (Å²) in [5.41, 5.74) is -0.607. The number of carbonyl (C=O) groups excluding carboxylic acids is 1. The number of carbonyl (C=O) groups is 1. The van der Waals surface area contributed by atoms with Gasteiger partial charge in [0.2, 0.25) is 0 Å². The summed E-state index contributed by atoms with van der Waals surface area (Å²) < 4.78 is 26.2. The molecule has 92 valence electrons. The van der Waals surface area contributed by atoms with Crippen molar-refractivity contribution in [3.8, 4) is 0 Å². The summed E-state index contributed by atoms with van der Waals surface area (Å²) in [6, 6.07) is 0. The zero-order chi connectivity index (χ0) is 11.9. The van der Waals surface area contributed by atoms with Crippen molar-refractivity contribution < 1.29 is 28.5 Å². The van der Waals surface area contributed by atoms with Crippen molar-refractivity contribution in [1.82, 2.24) is 0 Å². The van der Waals surface area contributed by atoms with E-state index >= 15 is 0 Å². The average molecular weight is 232 g/mol. The van der Waals surface area contributed by atoms with E-state index in [1.165, 1.54) is 7.11 Å². The molecule has 2 aliphatic rings. The molecule has 0 bridgehead atoms. The van der Waals surface area contributed by atoms with Gasteiger partial charge in [0.1, 0.15) is 6.10 Å².